The Kier molecular flexibility index (Phi) is 22.2. The molecule has 0 atom stereocenters. The second-order valence-corrected chi connectivity index (χ2v) is 40.9. The van der Waals surface area contributed by atoms with Crippen molar-refractivity contribution < 1.29 is 0 Å². The molecule has 0 unspecified atom stereocenters. The summed E-state index contributed by atoms with van der Waals surface area (Å²) in [5, 5.41) is 17.0. The zero-order valence-corrected chi connectivity index (χ0v) is 83.7. The summed E-state index contributed by atoms with van der Waals surface area (Å²) in [5.41, 5.74) is 46.5. The molecule has 4 heterocycles. The summed E-state index contributed by atoms with van der Waals surface area (Å²) in [4.78, 5) is 11.4. The number of pyridine rings is 1. The summed E-state index contributed by atoms with van der Waals surface area (Å²) < 4.78 is 7.09. The van der Waals surface area contributed by atoms with Gasteiger partial charge in [0.1, 0.15) is 0 Å². The third-order valence-corrected chi connectivity index (χ3v) is 31.3. The summed E-state index contributed by atoms with van der Waals surface area (Å²) in [6.07, 6.45) is 3.74. The Bertz CT molecular complexity index is 9510. The van der Waals surface area contributed by atoms with Crippen molar-refractivity contribution >= 4 is 117 Å². The number of hydrogen-bond donors (Lipinski definition) is 0. The van der Waals surface area contributed by atoms with Crippen LogP contribution in [-0.4, -0.2) is 18.7 Å². The highest BCUT2D eigenvalue weighted by molar-refractivity contribution is 6.14. The fourth-order valence-electron chi connectivity index (χ4n) is 23.9. The third kappa shape index (κ3) is 15.6. The number of nitriles is 1. The van der Waals surface area contributed by atoms with Gasteiger partial charge in [-0.2, -0.15) is 5.26 Å². The normalized spacial score (nSPS) is 12.9. The van der Waals surface area contributed by atoms with Gasteiger partial charge in [-0.05, 0) is 324 Å². The van der Waals surface area contributed by atoms with E-state index in [9.17, 15) is 5.26 Å². The summed E-state index contributed by atoms with van der Waals surface area (Å²) in [6, 6.07) is 186. The van der Waals surface area contributed by atoms with Gasteiger partial charge in [0.2, 0.25) is 0 Å². The first-order valence-electron chi connectivity index (χ1n) is 51.4. The van der Waals surface area contributed by atoms with E-state index in [1.807, 2.05) is 42.7 Å². The van der Waals surface area contributed by atoms with Crippen molar-refractivity contribution in [1.82, 2.24) is 18.7 Å². The molecule has 0 saturated heterocycles. The van der Waals surface area contributed by atoms with Gasteiger partial charge in [-0.15, -0.1) is 0 Å². The summed E-state index contributed by atoms with van der Waals surface area (Å²) >= 11 is 0. The second-order valence-electron chi connectivity index (χ2n) is 40.9. The van der Waals surface area contributed by atoms with E-state index in [0.29, 0.717) is 5.56 Å². The lowest BCUT2D eigenvalue weighted by Crippen LogP contribution is -2.16. The van der Waals surface area contributed by atoms with E-state index < -0.39 is 0 Å². The Morgan fingerprint density at radius 3 is 0.799 bits per heavy atom. The monoisotopic (exact) mass is 1910 g/mol. The van der Waals surface area contributed by atoms with Gasteiger partial charge in [0.05, 0.1) is 44.7 Å². The molecule has 8 nitrogen and oxygen atoms in total. The first-order chi connectivity index (χ1) is 73.1. The van der Waals surface area contributed by atoms with Crippen molar-refractivity contribution in [2.24, 2.45) is 0 Å². The van der Waals surface area contributed by atoms with E-state index in [2.05, 4.69) is 560 Å². The van der Waals surface area contributed by atoms with Crippen molar-refractivity contribution in [2.75, 3.05) is 14.7 Å². The smallest absolute Gasteiger partial charge is 0.0991 e. The molecular weight excluding hydrogens is 1810 g/mol. The first kappa shape index (κ1) is 90.1. The predicted octanol–water partition coefficient (Wildman–Crippen LogP) is 37.6. The SMILES string of the molecule is CC1(C)c2ccccc2-c2ccc(N(c3ccc(-c4ccccc4)cc3)c3ccc4c(c3)c3ccccc3n4-c3ccccc3)cc21.CC1(C)c2ccccc2-c2ccc(N(c3ccc(-c4cccnc4)cc3)c3ccc(-c4ccc5c(c4)c4ccccc4n5-c4ccccc4)cc3)cc21.CC1(C)c2ccccc2-c2ccc(N(c3ccc(C#N)cc3)c3ccc(-c4ccc5c(c4)c4ccccc4n5-c4ccccc4)cc3)cc21. The second kappa shape index (κ2) is 36.7. The average Bonchev–Trinajstić information content (AvgIpc) is 1.60. The van der Waals surface area contributed by atoms with Gasteiger partial charge in [-0.25, -0.2) is 0 Å². The standard InChI is InChI=1S/C50H37N3.C46H33N3.C45H34N2/c1-50(2)46-16-8-6-14-42(46)43-28-27-41(32-47(43)50)52(40-25-20-35(21-26-40)37-11-10-30-51-33-37)39-23-18-34(19-24-39)36-22-29-49-45(31-36)44-15-7-9-17-48(44)53(49)38-12-4-3-5-13-38;1-46(2)42-14-8-6-12-38(42)39-26-25-37(29-43(39)46)48(35-21-16-31(30-47)17-22-35)36-23-18-32(19-24-36)33-20-27-45-41(28-33)40-13-7-9-15-44(40)49(45)34-10-4-3-5-11-34;1-45(2)41-19-11-9-17-37(41)38-27-25-36(30-42(38)45)46(34-23-21-32(22-24-34)31-13-5-3-6-14-31)35-26-28-44-40(29-35)39-18-10-12-20-43(39)47(44)33-15-7-4-8-16-33/h3-33H,1-2H3;3-29H,1-2H3;3-30H,1-2H3. The highest BCUT2D eigenvalue weighted by Gasteiger charge is 2.40. The maximum absolute atomic E-state index is 9.51. The number of nitrogens with zero attached hydrogens (tertiary/aromatic N) is 8. The average molecular weight is 1910 g/mol. The van der Waals surface area contributed by atoms with Gasteiger partial charge >= 0.3 is 0 Å². The highest BCUT2D eigenvalue weighted by atomic mass is 15.2. The third-order valence-electron chi connectivity index (χ3n) is 31.3. The van der Waals surface area contributed by atoms with Crippen LogP contribution in [-0.2, 0) is 16.2 Å². The molecule has 25 aromatic rings. The van der Waals surface area contributed by atoms with Gasteiger partial charge in [0, 0.05) is 129 Å². The molecule has 28 rings (SSSR count). The number of benzene rings is 21. The molecule has 708 valence electrons. The molecule has 0 saturated carbocycles. The summed E-state index contributed by atoms with van der Waals surface area (Å²) in [6.45, 7) is 14.0. The minimum absolute atomic E-state index is 0.0855. The molecule has 0 radical (unpaired) electrons. The molecule has 3 aliphatic carbocycles. The Labute approximate surface area is 868 Å². The summed E-state index contributed by atoms with van der Waals surface area (Å²) in [5.74, 6) is 0. The van der Waals surface area contributed by atoms with Crippen LogP contribution in [0.2, 0.25) is 0 Å². The van der Waals surface area contributed by atoms with E-state index >= 15 is 0 Å². The zero-order chi connectivity index (χ0) is 100. The van der Waals surface area contributed by atoms with Crippen molar-refractivity contribution in [2.45, 2.75) is 57.8 Å². The molecule has 0 N–H and O–H groups in total. The molecule has 0 aliphatic heterocycles. The Morgan fingerprint density at radius 2 is 0.443 bits per heavy atom. The van der Waals surface area contributed by atoms with Gasteiger partial charge in [-0.1, -0.05) is 339 Å². The van der Waals surface area contributed by atoms with Crippen LogP contribution in [0.25, 0.3) is 160 Å². The lowest BCUT2D eigenvalue weighted by Gasteiger charge is -2.28. The van der Waals surface area contributed by atoms with Gasteiger partial charge in [-0.3, -0.25) is 4.98 Å². The Balaban J connectivity index is 0.000000113. The Morgan fingerprint density at radius 1 is 0.195 bits per heavy atom. The molecule has 21 aromatic carbocycles. The molecule has 149 heavy (non-hydrogen) atoms. The van der Waals surface area contributed by atoms with Crippen molar-refractivity contribution in [1.29, 1.82) is 5.26 Å². The molecule has 8 heteroatoms. The minimum atomic E-state index is -0.107. The number of hydrogen-bond acceptors (Lipinski definition) is 5. The van der Waals surface area contributed by atoms with E-state index in [0.717, 1.165) is 73.6 Å². The summed E-state index contributed by atoms with van der Waals surface area (Å²) in [7, 11) is 0. The van der Waals surface area contributed by atoms with E-state index in [1.54, 1.807) is 0 Å². The van der Waals surface area contributed by atoms with Crippen molar-refractivity contribution in [3.8, 4) is 101 Å². The molecule has 3 aliphatic rings. The van der Waals surface area contributed by atoms with Crippen LogP contribution in [0.3, 0.4) is 0 Å². The molecule has 0 bridgehead atoms. The molecule has 0 amide bonds. The Hall–Kier alpha value is -18.9. The molecule has 0 fully saturated rings. The quantitative estimate of drug-likeness (QED) is 0.0965. The van der Waals surface area contributed by atoms with E-state index in [-0.39, 0.29) is 16.2 Å². The minimum Gasteiger partial charge on any atom is -0.310 e. The van der Waals surface area contributed by atoms with Gasteiger partial charge < -0.3 is 28.4 Å². The van der Waals surface area contributed by atoms with Crippen LogP contribution in [0.4, 0.5) is 51.2 Å². The molecule has 0 spiro atoms. The maximum atomic E-state index is 9.51. The van der Waals surface area contributed by atoms with Gasteiger partial charge in [0.15, 0.2) is 0 Å². The van der Waals surface area contributed by atoms with Crippen LogP contribution in [0.5, 0.6) is 0 Å². The van der Waals surface area contributed by atoms with Crippen LogP contribution >= 0.6 is 0 Å². The fraction of sp³-hybridized carbons (Fsp3) is 0.0638. The van der Waals surface area contributed by atoms with Gasteiger partial charge in [0.25, 0.3) is 0 Å². The zero-order valence-electron chi connectivity index (χ0n) is 83.7. The number of rotatable bonds is 16. The van der Waals surface area contributed by atoms with Crippen LogP contribution in [0, 0.1) is 11.3 Å². The molecular formula is C141H104N8. The lowest BCUT2D eigenvalue weighted by atomic mass is 9.82. The largest absolute Gasteiger partial charge is 0.310 e. The fourth-order valence-corrected chi connectivity index (χ4v) is 23.9. The number of anilines is 9. The maximum Gasteiger partial charge on any atom is 0.0991 e. The topological polar surface area (TPSA) is 61.2 Å². The van der Waals surface area contributed by atoms with Crippen LogP contribution in [0.15, 0.2) is 522 Å². The number of para-hydroxylation sites is 6. The predicted molar refractivity (Wildman–Crippen MR) is 623 cm³/mol. The number of aromatic nitrogens is 4. The van der Waals surface area contributed by atoms with E-state index in [4.69, 9.17) is 0 Å². The highest BCUT2D eigenvalue weighted by Crippen LogP contribution is 2.56. The van der Waals surface area contributed by atoms with Crippen LogP contribution < -0.4 is 14.7 Å². The van der Waals surface area contributed by atoms with E-state index in [1.165, 1.54) is 171 Å². The number of fused-ring (bicyclic) bond motifs is 18. The molecule has 4 aromatic heterocycles. The van der Waals surface area contributed by atoms with Crippen molar-refractivity contribution in [3.05, 3.63) is 561 Å². The first-order valence-corrected chi connectivity index (χ1v) is 51.4. The lowest BCUT2D eigenvalue weighted by molar-refractivity contribution is 0.660. The van der Waals surface area contributed by atoms with Crippen molar-refractivity contribution in [3.63, 3.8) is 0 Å². The van der Waals surface area contributed by atoms with Crippen LogP contribution in [0.1, 0.15) is 80.5 Å².